The molecular formula is C18H22N6O2. The number of carboxylic acid groups (broad SMARTS) is 1. The third-order valence-electron chi connectivity index (χ3n) is 4.23. The molecule has 0 fully saturated rings. The van der Waals surface area contributed by atoms with Crippen molar-refractivity contribution in [2.45, 2.75) is 13.8 Å². The molecule has 2 aromatic rings. The summed E-state index contributed by atoms with van der Waals surface area (Å²) in [5.74, 6) is 0.404. The molecule has 8 nitrogen and oxygen atoms in total. The Morgan fingerprint density at radius 3 is 2.85 bits per heavy atom. The topological polar surface area (TPSA) is 116 Å². The first-order valence-electron chi connectivity index (χ1n) is 8.39. The summed E-state index contributed by atoms with van der Waals surface area (Å²) in [5.41, 5.74) is 10.6. The number of nitrogens with two attached hydrogens (primary N) is 1. The molecule has 1 aliphatic rings. The Morgan fingerprint density at radius 2 is 2.15 bits per heavy atom. The number of aryl methyl sites for hydroxylation is 1. The van der Waals surface area contributed by atoms with Gasteiger partial charge in [-0.3, -0.25) is 5.32 Å². The number of fused-ring (bicyclic) bond motifs is 1. The first-order valence-corrected chi connectivity index (χ1v) is 8.39. The molecule has 26 heavy (non-hydrogen) atoms. The first-order chi connectivity index (χ1) is 12.5. The van der Waals surface area contributed by atoms with Gasteiger partial charge in [0.15, 0.2) is 5.82 Å². The van der Waals surface area contributed by atoms with Gasteiger partial charge in [0.2, 0.25) is 0 Å². The molecule has 0 spiro atoms. The van der Waals surface area contributed by atoms with Crippen LogP contribution >= 0.6 is 0 Å². The van der Waals surface area contributed by atoms with Crippen LogP contribution < -0.4 is 21.3 Å². The van der Waals surface area contributed by atoms with Crippen molar-refractivity contribution in [2.24, 2.45) is 4.99 Å². The van der Waals surface area contributed by atoms with Crippen LogP contribution in [0.4, 0.5) is 33.5 Å². The monoisotopic (exact) mass is 354 g/mol. The summed E-state index contributed by atoms with van der Waals surface area (Å²) < 4.78 is 0. The number of nitrogens with one attached hydrogen (secondary N) is 2. The van der Waals surface area contributed by atoms with Crippen LogP contribution in [0.1, 0.15) is 12.5 Å². The minimum atomic E-state index is -1.18. The lowest BCUT2D eigenvalue weighted by molar-refractivity contribution is 0.209. The number of aromatic nitrogens is 1. The second-order valence-electron chi connectivity index (χ2n) is 6.05. The zero-order valence-corrected chi connectivity index (χ0v) is 14.8. The van der Waals surface area contributed by atoms with Crippen molar-refractivity contribution in [1.29, 1.82) is 0 Å². The zero-order chi connectivity index (χ0) is 18.7. The number of aliphatic imine (C=N–C) groups is 1. The molecule has 0 saturated carbocycles. The quantitative estimate of drug-likeness (QED) is 0.656. The van der Waals surface area contributed by atoms with Crippen molar-refractivity contribution in [3.05, 3.63) is 35.9 Å². The molecule has 2 heterocycles. The fourth-order valence-corrected chi connectivity index (χ4v) is 2.92. The van der Waals surface area contributed by atoms with Gasteiger partial charge in [0.05, 0.1) is 24.5 Å². The standard InChI is InChI=1S/C18H22N6O2/c1-3-24-10-12(9-20-13-7-5-4-6-11(13)2)21-16-14(24)8-15(22-17(16)19)23-18(25)26/h4-8,20H,3,9-10H2,1-2H3,(H,25,26)(H3,19,22,23). The summed E-state index contributed by atoms with van der Waals surface area (Å²) in [6.07, 6.45) is -1.18. The molecule has 1 aromatic heterocycles. The second-order valence-corrected chi connectivity index (χ2v) is 6.05. The Hall–Kier alpha value is -3.29. The number of anilines is 4. The van der Waals surface area contributed by atoms with Crippen LogP contribution in [0, 0.1) is 6.92 Å². The number of nitrogens with zero attached hydrogens (tertiary/aromatic N) is 3. The summed E-state index contributed by atoms with van der Waals surface area (Å²) in [4.78, 5) is 21.7. The van der Waals surface area contributed by atoms with Gasteiger partial charge >= 0.3 is 6.09 Å². The summed E-state index contributed by atoms with van der Waals surface area (Å²) >= 11 is 0. The van der Waals surface area contributed by atoms with E-state index in [1.165, 1.54) is 5.56 Å². The van der Waals surface area contributed by atoms with E-state index in [2.05, 4.69) is 38.5 Å². The smallest absolute Gasteiger partial charge is 0.410 e. The van der Waals surface area contributed by atoms with Crippen LogP contribution in [-0.4, -0.2) is 41.5 Å². The molecule has 0 unspecified atom stereocenters. The molecule has 3 rings (SSSR count). The lowest BCUT2D eigenvalue weighted by Crippen LogP contribution is -2.35. The maximum absolute atomic E-state index is 10.9. The predicted molar refractivity (Wildman–Crippen MR) is 105 cm³/mol. The number of para-hydroxylation sites is 1. The van der Waals surface area contributed by atoms with E-state index in [1.807, 2.05) is 25.1 Å². The number of hydrogen-bond acceptors (Lipinski definition) is 6. The lowest BCUT2D eigenvalue weighted by Gasteiger charge is -2.30. The lowest BCUT2D eigenvalue weighted by atomic mass is 10.1. The van der Waals surface area contributed by atoms with Crippen LogP contribution in [0.25, 0.3) is 0 Å². The highest BCUT2D eigenvalue weighted by Crippen LogP contribution is 2.38. The van der Waals surface area contributed by atoms with Crippen LogP contribution in [0.3, 0.4) is 0 Å². The van der Waals surface area contributed by atoms with Crippen molar-refractivity contribution in [2.75, 3.05) is 40.9 Å². The van der Waals surface area contributed by atoms with E-state index in [0.29, 0.717) is 18.8 Å². The van der Waals surface area contributed by atoms with Gasteiger partial charge in [-0.2, -0.15) is 0 Å². The normalized spacial score (nSPS) is 13.0. The van der Waals surface area contributed by atoms with Gasteiger partial charge in [-0.15, -0.1) is 0 Å². The summed E-state index contributed by atoms with van der Waals surface area (Å²) in [7, 11) is 0. The average molecular weight is 354 g/mol. The fraction of sp³-hybridized carbons (Fsp3) is 0.278. The molecule has 1 aromatic carbocycles. The highest BCUT2D eigenvalue weighted by atomic mass is 16.4. The van der Waals surface area contributed by atoms with Crippen molar-refractivity contribution in [3.8, 4) is 0 Å². The maximum atomic E-state index is 10.9. The number of pyridine rings is 1. The summed E-state index contributed by atoms with van der Waals surface area (Å²) in [6.45, 7) is 6.06. The molecular weight excluding hydrogens is 332 g/mol. The van der Waals surface area contributed by atoms with Crippen molar-refractivity contribution >= 4 is 40.5 Å². The van der Waals surface area contributed by atoms with E-state index in [4.69, 9.17) is 10.8 Å². The van der Waals surface area contributed by atoms with Crippen LogP contribution in [0.5, 0.6) is 0 Å². The third kappa shape index (κ3) is 3.69. The number of benzene rings is 1. The van der Waals surface area contributed by atoms with Crippen LogP contribution in [-0.2, 0) is 0 Å². The second kappa shape index (κ2) is 7.30. The van der Waals surface area contributed by atoms with Crippen LogP contribution in [0.2, 0.25) is 0 Å². The fourth-order valence-electron chi connectivity index (χ4n) is 2.92. The Balaban J connectivity index is 1.87. The maximum Gasteiger partial charge on any atom is 0.410 e. The largest absolute Gasteiger partial charge is 0.465 e. The molecule has 0 aliphatic carbocycles. The van der Waals surface area contributed by atoms with E-state index < -0.39 is 6.09 Å². The minimum Gasteiger partial charge on any atom is -0.465 e. The molecule has 0 atom stereocenters. The predicted octanol–water partition coefficient (Wildman–Crippen LogP) is 3.09. The Kier molecular flexibility index (Phi) is 4.92. The summed E-state index contributed by atoms with van der Waals surface area (Å²) in [5, 5.41) is 14.5. The number of hydrogen-bond donors (Lipinski definition) is 4. The van der Waals surface area contributed by atoms with Gasteiger partial charge in [-0.1, -0.05) is 18.2 Å². The van der Waals surface area contributed by atoms with E-state index in [9.17, 15) is 4.79 Å². The van der Waals surface area contributed by atoms with Gasteiger partial charge in [-0.25, -0.2) is 14.8 Å². The van der Waals surface area contributed by atoms with E-state index in [-0.39, 0.29) is 11.6 Å². The number of rotatable bonds is 5. The number of amides is 1. The highest BCUT2D eigenvalue weighted by Gasteiger charge is 2.22. The van der Waals surface area contributed by atoms with Crippen molar-refractivity contribution in [3.63, 3.8) is 0 Å². The Labute approximate surface area is 151 Å². The zero-order valence-electron chi connectivity index (χ0n) is 14.8. The van der Waals surface area contributed by atoms with Gasteiger partial charge in [0.25, 0.3) is 0 Å². The molecule has 0 radical (unpaired) electrons. The highest BCUT2D eigenvalue weighted by molar-refractivity contribution is 6.01. The molecule has 1 amide bonds. The van der Waals surface area contributed by atoms with Crippen molar-refractivity contribution in [1.82, 2.24) is 4.98 Å². The van der Waals surface area contributed by atoms with Crippen molar-refractivity contribution < 1.29 is 9.90 Å². The SMILES string of the molecule is CCN1CC(CNc2ccccc2C)=Nc2c1cc(NC(=O)O)nc2N. The van der Waals surface area contributed by atoms with E-state index in [1.54, 1.807) is 6.07 Å². The Morgan fingerprint density at radius 1 is 1.38 bits per heavy atom. The molecule has 5 N–H and O–H groups in total. The number of carbonyl (C=O) groups is 1. The van der Waals surface area contributed by atoms with E-state index >= 15 is 0 Å². The molecule has 136 valence electrons. The van der Waals surface area contributed by atoms with Gasteiger partial charge in [0, 0.05) is 18.3 Å². The first kappa shape index (κ1) is 17.5. The molecule has 0 saturated heterocycles. The molecule has 8 heteroatoms. The van der Waals surface area contributed by atoms with E-state index in [0.717, 1.165) is 23.6 Å². The molecule has 0 bridgehead atoms. The third-order valence-corrected chi connectivity index (χ3v) is 4.23. The number of nitrogen functional groups attached to an aromatic ring is 1. The van der Waals surface area contributed by atoms with Gasteiger partial charge in [0.1, 0.15) is 11.5 Å². The average Bonchev–Trinajstić information content (AvgIpc) is 2.60. The van der Waals surface area contributed by atoms with Crippen LogP contribution in [0.15, 0.2) is 35.3 Å². The molecule has 1 aliphatic heterocycles. The summed E-state index contributed by atoms with van der Waals surface area (Å²) in [6, 6.07) is 9.74. The Bertz CT molecular complexity index is 865. The van der Waals surface area contributed by atoms with Gasteiger partial charge in [-0.05, 0) is 25.5 Å². The minimum absolute atomic E-state index is 0.198. The van der Waals surface area contributed by atoms with Gasteiger partial charge < -0.3 is 21.1 Å².